The van der Waals surface area contributed by atoms with Gasteiger partial charge in [0.1, 0.15) is 5.65 Å². The fourth-order valence-electron chi connectivity index (χ4n) is 3.02. The molecule has 1 aromatic carbocycles. The molecule has 0 spiro atoms. The van der Waals surface area contributed by atoms with Crippen LogP contribution in [0, 0.1) is 11.8 Å². The number of rotatable bonds is 2. The van der Waals surface area contributed by atoms with Gasteiger partial charge in [0, 0.05) is 34.4 Å². The molecule has 3 heterocycles. The Labute approximate surface area is 166 Å². The van der Waals surface area contributed by atoms with Gasteiger partial charge in [0.15, 0.2) is 5.78 Å². The van der Waals surface area contributed by atoms with Crippen LogP contribution >= 0.6 is 0 Å². The Hall–Kier alpha value is -4.24. The molecule has 0 fully saturated rings. The molecule has 0 bridgehead atoms. The first-order chi connectivity index (χ1) is 14.0. The summed E-state index contributed by atoms with van der Waals surface area (Å²) in [6.07, 6.45) is 6.15. The van der Waals surface area contributed by atoms with Crippen LogP contribution in [0.1, 0.15) is 28.4 Å². The topological polar surface area (TPSA) is 76.1 Å². The van der Waals surface area contributed by atoms with Crippen LogP contribution in [0.4, 0.5) is 0 Å². The second kappa shape index (κ2) is 7.41. The molecule has 29 heavy (non-hydrogen) atoms. The van der Waals surface area contributed by atoms with Crippen LogP contribution in [0.15, 0.2) is 78.1 Å². The standard InChI is InChI=1S/C23H16N3O3/c1-16(27)21-15-26(23-20(22(21)28)8-3-11-24-23)19-7-2-5-17(13-19)9-10-18-6-4-12-25(29)14-18/h2-8,11-15,29H,1H3/q+1. The highest BCUT2D eigenvalue weighted by Gasteiger charge is 2.14. The van der Waals surface area contributed by atoms with E-state index in [2.05, 4.69) is 16.8 Å². The van der Waals surface area contributed by atoms with Crippen molar-refractivity contribution in [3.05, 3.63) is 100 Å². The van der Waals surface area contributed by atoms with E-state index in [1.54, 1.807) is 35.0 Å². The van der Waals surface area contributed by atoms with E-state index in [0.717, 1.165) is 16.0 Å². The molecule has 0 amide bonds. The quantitative estimate of drug-likeness (QED) is 0.250. The first kappa shape index (κ1) is 18.1. The van der Waals surface area contributed by atoms with Crippen molar-refractivity contribution in [2.45, 2.75) is 6.92 Å². The van der Waals surface area contributed by atoms with Crippen LogP contribution in [-0.2, 0) is 0 Å². The molecule has 1 N–H and O–H groups in total. The first-order valence-corrected chi connectivity index (χ1v) is 8.87. The monoisotopic (exact) mass is 382 g/mol. The van der Waals surface area contributed by atoms with Gasteiger partial charge >= 0.3 is 0 Å². The van der Waals surface area contributed by atoms with E-state index in [9.17, 15) is 14.8 Å². The number of Topliss-reactive ketones (excluding diaryl/α,β-unsaturated/α-hetero) is 1. The lowest BCUT2D eigenvalue weighted by Crippen LogP contribution is -2.28. The third-order valence-corrected chi connectivity index (χ3v) is 4.40. The van der Waals surface area contributed by atoms with E-state index < -0.39 is 0 Å². The number of nitrogens with zero attached hydrogens (tertiary/aromatic N) is 3. The van der Waals surface area contributed by atoms with E-state index in [4.69, 9.17) is 0 Å². The minimum Gasteiger partial charge on any atom is -0.300 e. The molecule has 0 atom stereocenters. The van der Waals surface area contributed by atoms with Crippen molar-refractivity contribution < 1.29 is 14.7 Å². The van der Waals surface area contributed by atoms with Gasteiger partial charge in [0.2, 0.25) is 17.8 Å². The summed E-state index contributed by atoms with van der Waals surface area (Å²) in [5.41, 5.74) is 2.39. The predicted molar refractivity (Wildman–Crippen MR) is 107 cm³/mol. The molecule has 0 saturated heterocycles. The Kier molecular flexibility index (Phi) is 4.63. The van der Waals surface area contributed by atoms with E-state index in [1.807, 2.05) is 24.3 Å². The van der Waals surface area contributed by atoms with E-state index in [1.165, 1.54) is 25.5 Å². The third kappa shape index (κ3) is 3.62. The summed E-state index contributed by atoms with van der Waals surface area (Å²) >= 11 is 0. The molecule has 140 valence electrons. The van der Waals surface area contributed by atoms with Crippen molar-refractivity contribution in [2.24, 2.45) is 0 Å². The fourth-order valence-corrected chi connectivity index (χ4v) is 3.02. The van der Waals surface area contributed by atoms with Gasteiger partial charge in [-0.15, -0.1) is 0 Å². The Bertz CT molecular complexity index is 1380. The fraction of sp³-hybridized carbons (Fsp3) is 0.0435. The van der Waals surface area contributed by atoms with Crippen molar-refractivity contribution in [3.63, 3.8) is 0 Å². The minimum atomic E-state index is -0.325. The van der Waals surface area contributed by atoms with Crippen LogP contribution in [-0.4, -0.2) is 20.5 Å². The van der Waals surface area contributed by atoms with Gasteiger partial charge in [-0.2, -0.15) is 0 Å². The van der Waals surface area contributed by atoms with Crippen LogP contribution in [0.25, 0.3) is 16.7 Å². The number of carbonyl (C=O) groups excluding carboxylic acids is 1. The summed E-state index contributed by atoms with van der Waals surface area (Å²) in [4.78, 5) is 28.9. The highest BCUT2D eigenvalue weighted by Crippen LogP contribution is 2.17. The number of fused-ring (bicyclic) bond motifs is 1. The third-order valence-electron chi connectivity index (χ3n) is 4.40. The summed E-state index contributed by atoms with van der Waals surface area (Å²) in [5.74, 6) is 5.76. The van der Waals surface area contributed by atoms with Gasteiger partial charge in [-0.05, 0) is 43.3 Å². The molecule has 0 aliphatic rings. The molecule has 6 nitrogen and oxygen atoms in total. The number of benzene rings is 1. The van der Waals surface area contributed by atoms with E-state index >= 15 is 0 Å². The highest BCUT2D eigenvalue weighted by atomic mass is 16.5. The van der Waals surface area contributed by atoms with Crippen LogP contribution in [0.3, 0.4) is 0 Å². The van der Waals surface area contributed by atoms with E-state index in [-0.39, 0.29) is 16.8 Å². The Balaban J connectivity index is 1.86. The minimum absolute atomic E-state index is 0.110. The summed E-state index contributed by atoms with van der Waals surface area (Å²) in [6, 6.07) is 14.2. The number of pyridine rings is 3. The summed E-state index contributed by atoms with van der Waals surface area (Å²) in [6.45, 7) is 1.37. The van der Waals surface area contributed by atoms with Crippen LogP contribution in [0.2, 0.25) is 0 Å². The largest absolute Gasteiger partial charge is 0.300 e. The molecule has 0 aliphatic heterocycles. The number of hydrogen-bond acceptors (Lipinski definition) is 4. The van der Waals surface area contributed by atoms with Gasteiger partial charge in [0.05, 0.1) is 16.5 Å². The van der Waals surface area contributed by atoms with Crippen molar-refractivity contribution in [3.8, 4) is 17.5 Å². The molecule has 0 unspecified atom stereocenters. The zero-order valence-corrected chi connectivity index (χ0v) is 15.5. The van der Waals surface area contributed by atoms with Crippen LogP contribution in [0.5, 0.6) is 0 Å². The molecule has 0 saturated carbocycles. The van der Waals surface area contributed by atoms with Crippen molar-refractivity contribution in [2.75, 3.05) is 0 Å². The van der Waals surface area contributed by atoms with Gasteiger partial charge in [0.25, 0.3) is 0 Å². The smallest absolute Gasteiger partial charge is 0.237 e. The molecule has 0 radical (unpaired) electrons. The number of carbonyl (C=O) groups is 1. The zero-order chi connectivity index (χ0) is 20.4. The first-order valence-electron chi connectivity index (χ1n) is 8.87. The van der Waals surface area contributed by atoms with Crippen molar-refractivity contribution in [1.82, 2.24) is 9.55 Å². The predicted octanol–water partition coefficient (Wildman–Crippen LogP) is 2.51. The van der Waals surface area contributed by atoms with E-state index in [0.29, 0.717) is 16.6 Å². The van der Waals surface area contributed by atoms with Gasteiger partial charge in [-0.25, -0.2) is 4.98 Å². The SMILES string of the molecule is CC(=O)c1cn(-c2cccc(C#Cc3ccc[n+](O)c3)c2)c2ncccc2c1=O. The molecule has 6 heteroatoms. The Morgan fingerprint density at radius 2 is 1.90 bits per heavy atom. The average molecular weight is 382 g/mol. The average Bonchev–Trinajstić information content (AvgIpc) is 2.73. The number of aromatic nitrogens is 3. The van der Waals surface area contributed by atoms with Gasteiger partial charge in [-0.1, -0.05) is 17.9 Å². The lowest BCUT2D eigenvalue weighted by Gasteiger charge is -2.12. The molecule has 0 aliphatic carbocycles. The van der Waals surface area contributed by atoms with Crippen molar-refractivity contribution in [1.29, 1.82) is 0 Å². The zero-order valence-electron chi connectivity index (χ0n) is 15.5. The second-order valence-corrected chi connectivity index (χ2v) is 6.45. The Morgan fingerprint density at radius 1 is 1.10 bits per heavy atom. The number of hydrogen-bond donors (Lipinski definition) is 1. The maximum absolute atomic E-state index is 12.6. The van der Waals surface area contributed by atoms with Crippen molar-refractivity contribution >= 4 is 16.8 Å². The summed E-state index contributed by atoms with van der Waals surface area (Å²) < 4.78 is 2.67. The van der Waals surface area contributed by atoms with Crippen LogP contribution < -0.4 is 10.2 Å². The molecule has 4 aromatic rings. The molecule has 4 rings (SSSR count). The normalized spacial score (nSPS) is 10.4. The van der Waals surface area contributed by atoms with Gasteiger partial charge in [-0.3, -0.25) is 14.8 Å². The highest BCUT2D eigenvalue weighted by molar-refractivity contribution is 5.97. The maximum Gasteiger partial charge on any atom is 0.237 e. The Morgan fingerprint density at radius 3 is 2.69 bits per heavy atom. The lowest BCUT2D eigenvalue weighted by atomic mass is 10.1. The molecule has 3 aromatic heterocycles. The lowest BCUT2D eigenvalue weighted by molar-refractivity contribution is -0.904. The summed E-state index contributed by atoms with van der Waals surface area (Å²) in [5, 5.41) is 9.87. The number of ketones is 1. The molecular weight excluding hydrogens is 366 g/mol. The summed E-state index contributed by atoms with van der Waals surface area (Å²) in [7, 11) is 0. The molecular formula is C23H16N3O3+. The van der Waals surface area contributed by atoms with Gasteiger partial charge < -0.3 is 4.57 Å². The second-order valence-electron chi connectivity index (χ2n) is 6.45. The maximum atomic E-state index is 12.6.